The molecule has 1 aliphatic rings. The zero-order chi connectivity index (χ0) is 20.4. The van der Waals surface area contributed by atoms with Crippen LogP contribution in [0, 0.1) is 5.82 Å². The monoisotopic (exact) mass is 409 g/mol. The van der Waals surface area contributed by atoms with Crippen LogP contribution in [0.2, 0.25) is 5.02 Å². The minimum atomic E-state index is -0.193. The Morgan fingerprint density at radius 2 is 1.66 bits per heavy atom. The summed E-state index contributed by atoms with van der Waals surface area (Å²) in [6, 6.07) is 14.7. The lowest BCUT2D eigenvalue weighted by Gasteiger charge is -2.19. The summed E-state index contributed by atoms with van der Waals surface area (Å²) in [5, 5.41) is 0.725. The molecule has 150 valence electrons. The molecule has 1 aromatic heterocycles. The van der Waals surface area contributed by atoms with Gasteiger partial charge in [0.15, 0.2) is 0 Å². The number of hydrogen-bond acceptors (Lipinski definition) is 3. The molecule has 0 radical (unpaired) electrons. The normalized spacial score (nSPS) is 14.7. The second-order valence-electron chi connectivity index (χ2n) is 7.92. The first-order valence-electron chi connectivity index (χ1n) is 10.1. The minimum Gasteiger partial charge on any atom is -0.298 e. The summed E-state index contributed by atoms with van der Waals surface area (Å²) >= 11 is 6.09. The molecule has 0 N–H and O–H groups in total. The smallest absolute Gasteiger partial charge is 0.131 e. The molecule has 3 nitrogen and oxygen atoms in total. The third-order valence-electron chi connectivity index (χ3n) is 5.41. The van der Waals surface area contributed by atoms with Gasteiger partial charge in [-0.05, 0) is 36.2 Å². The van der Waals surface area contributed by atoms with E-state index in [1.54, 1.807) is 0 Å². The second-order valence-corrected chi connectivity index (χ2v) is 8.36. The molecule has 2 aromatic carbocycles. The largest absolute Gasteiger partial charge is 0.298 e. The third kappa shape index (κ3) is 4.65. The Kier molecular flexibility index (Phi) is 5.93. The third-order valence-corrected chi connectivity index (χ3v) is 5.66. The van der Waals surface area contributed by atoms with Gasteiger partial charge < -0.3 is 0 Å². The van der Waals surface area contributed by atoms with Crippen LogP contribution in [0.15, 0.2) is 48.5 Å². The summed E-state index contributed by atoms with van der Waals surface area (Å²) in [7, 11) is 0. The zero-order valence-corrected chi connectivity index (χ0v) is 17.6. The molecule has 0 unspecified atom stereocenters. The maximum atomic E-state index is 13.2. The number of benzene rings is 2. The first-order valence-corrected chi connectivity index (χ1v) is 10.5. The lowest BCUT2D eigenvalue weighted by molar-refractivity contribution is 0.279. The van der Waals surface area contributed by atoms with Gasteiger partial charge >= 0.3 is 0 Å². The van der Waals surface area contributed by atoms with Crippen molar-refractivity contribution in [1.29, 1.82) is 0 Å². The van der Waals surface area contributed by atoms with E-state index in [1.807, 2.05) is 36.4 Å². The molecule has 4 rings (SSSR count). The molecule has 0 fully saturated rings. The van der Waals surface area contributed by atoms with Crippen LogP contribution in [0.5, 0.6) is 0 Å². The van der Waals surface area contributed by atoms with Crippen molar-refractivity contribution < 1.29 is 4.39 Å². The van der Waals surface area contributed by atoms with E-state index in [-0.39, 0.29) is 11.7 Å². The van der Waals surface area contributed by atoms with Gasteiger partial charge in [-0.3, -0.25) is 4.90 Å². The molecule has 2 heterocycles. The van der Waals surface area contributed by atoms with E-state index in [0.29, 0.717) is 0 Å². The van der Waals surface area contributed by atoms with Crippen molar-refractivity contribution >= 4 is 11.6 Å². The van der Waals surface area contributed by atoms with E-state index in [4.69, 9.17) is 21.6 Å². The number of aromatic nitrogens is 2. The van der Waals surface area contributed by atoms with Crippen molar-refractivity contribution in [3.63, 3.8) is 0 Å². The Balaban J connectivity index is 1.64. The van der Waals surface area contributed by atoms with Crippen LogP contribution in [0.25, 0.3) is 11.3 Å². The molecule has 0 bridgehead atoms. The van der Waals surface area contributed by atoms with Gasteiger partial charge in [0, 0.05) is 53.8 Å². The highest BCUT2D eigenvalue weighted by Gasteiger charge is 2.22. The highest BCUT2D eigenvalue weighted by molar-refractivity contribution is 6.30. The van der Waals surface area contributed by atoms with Crippen LogP contribution in [-0.2, 0) is 19.4 Å². The highest BCUT2D eigenvalue weighted by atomic mass is 35.5. The molecule has 0 saturated carbocycles. The van der Waals surface area contributed by atoms with Crippen molar-refractivity contribution in [2.24, 2.45) is 0 Å². The minimum absolute atomic E-state index is 0.193. The van der Waals surface area contributed by atoms with Crippen LogP contribution in [0.3, 0.4) is 0 Å². The summed E-state index contributed by atoms with van der Waals surface area (Å²) in [5.41, 5.74) is 5.62. The molecule has 3 aromatic rings. The molecule has 0 saturated heterocycles. The summed E-state index contributed by atoms with van der Waals surface area (Å²) in [4.78, 5) is 12.3. The van der Waals surface area contributed by atoms with Gasteiger partial charge in [-0.15, -0.1) is 0 Å². The van der Waals surface area contributed by atoms with Crippen molar-refractivity contribution in [3.8, 4) is 11.3 Å². The van der Waals surface area contributed by atoms with Gasteiger partial charge in [0.25, 0.3) is 0 Å². The van der Waals surface area contributed by atoms with E-state index in [9.17, 15) is 4.39 Å². The van der Waals surface area contributed by atoms with Crippen molar-refractivity contribution in [1.82, 2.24) is 14.9 Å². The predicted molar refractivity (Wildman–Crippen MR) is 116 cm³/mol. The van der Waals surface area contributed by atoms with E-state index in [2.05, 4.69) is 18.7 Å². The van der Waals surface area contributed by atoms with Gasteiger partial charge in [0.05, 0.1) is 5.69 Å². The zero-order valence-electron chi connectivity index (χ0n) is 16.8. The maximum absolute atomic E-state index is 13.2. The molecular formula is C24H25ClFN3. The number of hydrogen-bond donors (Lipinski definition) is 0. The Morgan fingerprint density at radius 3 is 2.34 bits per heavy atom. The number of rotatable bonds is 4. The molecule has 0 spiro atoms. The maximum Gasteiger partial charge on any atom is 0.131 e. The van der Waals surface area contributed by atoms with Gasteiger partial charge in [-0.25, -0.2) is 14.4 Å². The quantitative estimate of drug-likeness (QED) is 0.556. The number of fused-ring (bicyclic) bond motifs is 1. The van der Waals surface area contributed by atoms with Crippen LogP contribution in [-0.4, -0.2) is 28.0 Å². The van der Waals surface area contributed by atoms with Crippen molar-refractivity contribution in [3.05, 3.63) is 82.0 Å². The van der Waals surface area contributed by atoms with E-state index in [1.165, 1.54) is 17.7 Å². The van der Waals surface area contributed by atoms with Crippen LogP contribution in [0.1, 0.15) is 42.4 Å². The van der Waals surface area contributed by atoms with Gasteiger partial charge in [-0.1, -0.05) is 49.7 Å². The Bertz CT molecular complexity index is 984. The topological polar surface area (TPSA) is 29.0 Å². The second kappa shape index (κ2) is 8.60. The SMILES string of the molecule is CC(C)c1nc2c(c(-c3ccc(Cl)cc3)n1)CCN(Cc1ccc(F)cc1)CC2. The van der Waals surface area contributed by atoms with Crippen LogP contribution in [0.4, 0.5) is 4.39 Å². The van der Waals surface area contributed by atoms with Gasteiger partial charge in [0.2, 0.25) is 0 Å². The first kappa shape index (κ1) is 20.0. The molecular weight excluding hydrogens is 385 g/mol. The standard InChI is InChI=1S/C24H25ClFN3/c1-16(2)24-27-22-12-14-29(15-17-3-9-20(26)10-4-17)13-11-21(22)23(28-24)18-5-7-19(25)8-6-18/h3-10,16H,11-15H2,1-2H3. The molecule has 0 atom stereocenters. The van der Waals surface area contributed by atoms with E-state index >= 15 is 0 Å². The number of halogens is 2. The van der Waals surface area contributed by atoms with E-state index in [0.717, 1.165) is 65.8 Å². The fraction of sp³-hybridized carbons (Fsp3) is 0.333. The van der Waals surface area contributed by atoms with Gasteiger partial charge in [-0.2, -0.15) is 0 Å². The van der Waals surface area contributed by atoms with Crippen LogP contribution >= 0.6 is 11.6 Å². The summed E-state index contributed by atoms with van der Waals surface area (Å²) in [6.07, 6.45) is 1.78. The number of nitrogens with zero attached hydrogens (tertiary/aromatic N) is 3. The van der Waals surface area contributed by atoms with E-state index < -0.39 is 0 Å². The lowest BCUT2D eigenvalue weighted by Crippen LogP contribution is -2.25. The molecule has 5 heteroatoms. The first-order chi connectivity index (χ1) is 14.0. The fourth-order valence-corrected chi connectivity index (χ4v) is 3.90. The summed E-state index contributed by atoms with van der Waals surface area (Å²) < 4.78 is 13.2. The van der Waals surface area contributed by atoms with Crippen molar-refractivity contribution in [2.45, 2.75) is 39.2 Å². The molecule has 0 amide bonds. The highest BCUT2D eigenvalue weighted by Crippen LogP contribution is 2.29. The average molecular weight is 410 g/mol. The molecule has 0 aliphatic carbocycles. The van der Waals surface area contributed by atoms with Crippen LogP contribution < -0.4 is 0 Å². The fourth-order valence-electron chi connectivity index (χ4n) is 3.78. The Labute approximate surface area is 176 Å². The summed E-state index contributed by atoms with van der Waals surface area (Å²) in [5.74, 6) is 0.965. The van der Waals surface area contributed by atoms with Crippen molar-refractivity contribution in [2.75, 3.05) is 13.1 Å². The molecule has 29 heavy (non-hydrogen) atoms. The molecule has 1 aliphatic heterocycles. The predicted octanol–water partition coefficient (Wildman–Crippen LogP) is 5.66. The Hall–Kier alpha value is -2.30. The summed E-state index contributed by atoms with van der Waals surface area (Å²) in [6.45, 7) is 6.93. The Morgan fingerprint density at radius 1 is 0.966 bits per heavy atom. The lowest BCUT2D eigenvalue weighted by atomic mass is 10.00. The van der Waals surface area contributed by atoms with Gasteiger partial charge in [0.1, 0.15) is 11.6 Å². The average Bonchev–Trinajstić information content (AvgIpc) is 2.92.